The molecule has 0 atom stereocenters. The Hall–Kier alpha value is -2.08. The van der Waals surface area contributed by atoms with Gasteiger partial charge in [-0.15, -0.1) is 0 Å². The Kier molecular flexibility index (Phi) is 4.95. The molecule has 0 spiro atoms. The molecule has 0 saturated carbocycles. The number of benzene rings is 1. The van der Waals surface area contributed by atoms with E-state index in [1.807, 2.05) is 12.2 Å². The third kappa shape index (κ3) is 3.27. The molecule has 0 aromatic heterocycles. The van der Waals surface area contributed by atoms with E-state index in [1.165, 1.54) is 27.8 Å². The summed E-state index contributed by atoms with van der Waals surface area (Å²) in [5.41, 5.74) is 6.80. The first-order valence-corrected chi connectivity index (χ1v) is 7.21. The minimum Gasteiger partial charge on any atom is -0.0991 e. The molecule has 0 radical (unpaired) electrons. The molecule has 0 unspecified atom stereocenters. The van der Waals surface area contributed by atoms with E-state index in [2.05, 4.69) is 69.0 Å². The Bertz CT molecular complexity index is 607. The fraction of sp³-hybridized carbons (Fsp3) is 0.200. The number of rotatable bonds is 4. The molecule has 0 fully saturated rings. The van der Waals surface area contributed by atoms with E-state index >= 15 is 0 Å². The van der Waals surface area contributed by atoms with Crippen molar-refractivity contribution in [1.29, 1.82) is 0 Å². The molecule has 0 N–H and O–H groups in total. The average molecular weight is 262 g/mol. The Labute approximate surface area is 122 Å². The van der Waals surface area contributed by atoms with Crippen LogP contribution in [0.15, 0.2) is 60.7 Å². The van der Waals surface area contributed by atoms with Gasteiger partial charge in [0.1, 0.15) is 0 Å². The van der Waals surface area contributed by atoms with Crippen LogP contribution in [0.1, 0.15) is 35.6 Å². The molecule has 20 heavy (non-hydrogen) atoms. The molecular weight excluding hydrogens is 240 g/mol. The van der Waals surface area contributed by atoms with Gasteiger partial charge in [-0.1, -0.05) is 74.2 Å². The molecule has 102 valence electrons. The van der Waals surface area contributed by atoms with E-state index in [4.69, 9.17) is 0 Å². The number of fused-ring (bicyclic) bond motifs is 1. The fourth-order valence-electron chi connectivity index (χ4n) is 2.44. The molecule has 0 nitrogen and oxygen atoms in total. The zero-order valence-electron chi connectivity index (χ0n) is 12.4. The van der Waals surface area contributed by atoms with Crippen LogP contribution in [0.5, 0.6) is 0 Å². The first-order chi connectivity index (χ1) is 9.76. The summed E-state index contributed by atoms with van der Waals surface area (Å²) >= 11 is 0. The molecule has 0 amide bonds. The maximum atomic E-state index is 3.73. The van der Waals surface area contributed by atoms with Crippen LogP contribution in [0.25, 0.3) is 12.2 Å². The zero-order valence-corrected chi connectivity index (χ0v) is 12.4. The van der Waals surface area contributed by atoms with Crippen molar-refractivity contribution in [3.63, 3.8) is 0 Å². The van der Waals surface area contributed by atoms with Crippen LogP contribution in [0.4, 0.5) is 0 Å². The molecule has 0 heterocycles. The van der Waals surface area contributed by atoms with Gasteiger partial charge in [0.05, 0.1) is 0 Å². The minimum absolute atomic E-state index is 1.02. The highest BCUT2D eigenvalue weighted by Crippen LogP contribution is 2.28. The summed E-state index contributed by atoms with van der Waals surface area (Å²) in [5.74, 6) is 0. The summed E-state index contributed by atoms with van der Waals surface area (Å²) < 4.78 is 0. The second kappa shape index (κ2) is 6.91. The van der Waals surface area contributed by atoms with Crippen molar-refractivity contribution in [2.24, 2.45) is 0 Å². The molecule has 1 aromatic carbocycles. The smallest absolute Gasteiger partial charge is 0.00170 e. The van der Waals surface area contributed by atoms with Crippen molar-refractivity contribution >= 4 is 12.2 Å². The average Bonchev–Trinajstić information content (AvgIpc) is 2.47. The van der Waals surface area contributed by atoms with Gasteiger partial charge < -0.3 is 0 Å². The summed E-state index contributed by atoms with van der Waals surface area (Å²) in [7, 11) is 0. The first-order valence-electron chi connectivity index (χ1n) is 7.21. The monoisotopic (exact) mass is 262 g/mol. The molecule has 1 aromatic rings. The van der Waals surface area contributed by atoms with E-state index in [1.54, 1.807) is 0 Å². The molecule has 0 aliphatic heterocycles. The molecular formula is C20H22. The van der Waals surface area contributed by atoms with E-state index in [0.717, 1.165) is 12.8 Å². The van der Waals surface area contributed by atoms with Crippen LogP contribution in [-0.2, 0) is 6.42 Å². The Morgan fingerprint density at radius 3 is 2.80 bits per heavy atom. The largest absolute Gasteiger partial charge is 0.0991 e. The molecule has 0 bridgehead atoms. The van der Waals surface area contributed by atoms with E-state index in [9.17, 15) is 0 Å². The lowest BCUT2D eigenvalue weighted by Gasteiger charge is -2.17. The Balaban J connectivity index is 2.34. The van der Waals surface area contributed by atoms with E-state index in [-0.39, 0.29) is 0 Å². The zero-order chi connectivity index (χ0) is 14.4. The topological polar surface area (TPSA) is 0 Å². The predicted molar refractivity (Wildman–Crippen MR) is 90.7 cm³/mol. The SMILES string of the molecule is C=C/C=C\c1ccc2c(c1C)C/C(=C\C=C/CC)C=C2. The van der Waals surface area contributed by atoms with Crippen molar-refractivity contribution in [2.45, 2.75) is 26.7 Å². The molecule has 0 saturated heterocycles. The maximum absolute atomic E-state index is 3.73. The van der Waals surface area contributed by atoms with Crippen LogP contribution in [0.2, 0.25) is 0 Å². The fourth-order valence-corrected chi connectivity index (χ4v) is 2.44. The van der Waals surface area contributed by atoms with Crippen molar-refractivity contribution in [2.75, 3.05) is 0 Å². The van der Waals surface area contributed by atoms with Crippen LogP contribution in [0, 0.1) is 6.92 Å². The normalized spacial score (nSPS) is 16.2. The minimum atomic E-state index is 1.02. The number of hydrogen-bond acceptors (Lipinski definition) is 0. The summed E-state index contributed by atoms with van der Waals surface area (Å²) in [6.45, 7) is 8.10. The van der Waals surface area contributed by atoms with Crippen LogP contribution < -0.4 is 0 Å². The summed E-state index contributed by atoms with van der Waals surface area (Å²) in [6.07, 6.45) is 19.0. The van der Waals surface area contributed by atoms with Crippen LogP contribution in [0.3, 0.4) is 0 Å². The summed E-state index contributed by atoms with van der Waals surface area (Å²) in [5, 5.41) is 0. The maximum Gasteiger partial charge on any atom is -0.00170 e. The highest BCUT2D eigenvalue weighted by atomic mass is 14.2. The van der Waals surface area contributed by atoms with Gasteiger partial charge in [0.25, 0.3) is 0 Å². The third-order valence-corrected chi connectivity index (χ3v) is 3.63. The predicted octanol–water partition coefficient (Wildman–Crippen LogP) is 5.66. The first kappa shape index (κ1) is 14.3. The number of hydrogen-bond donors (Lipinski definition) is 0. The second-order valence-electron chi connectivity index (χ2n) is 5.03. The van der Waals surface area contributed by atoms with Gasteiger partial charge in [-0.2, -0.15) is 0 Å². The standard InChI is InChI=1S/C20H22/c1-4-6-8-9-17-11-12-19-14-13-18(10-7-5-2)16(3)20(19)15-17/h5-14H,2,4,15H2,1,3H3/b8-6-,10-7-,17-9-. The lowest BCUT2D eigenvalue weighted by molar-refractivity contribution is 1.13. The van der Waals surface area contributed by atoms with Crippen LogP contribution >= 0.6 is 0 Å². The van der Waals surface area contributed by atoms with Crippen molar-refractivity contribution in [1.82, 2.24) is 0 Å². The van der Waals surface area contributed by atoms with E-state index in [0.29, 0.717) is 0 Å². The van der Waals surface area contributed by atoms with Gasteiger partial charge >= 0.3 is 0 Å². The van der Waals surface area contributed by atoms with Gasteiger partial charge in [0, 0.05) is 0 Å². The number of allylic oxidation sites excluding steroid dienone is 7. The van der Waals surface area contributed by atoms with Gasteiger partial charge in [0.2, 0.25) is 0 Å². The van der Waals surface area contributed by atoms with E-state index < -0.39 is 0 Å². The van der Waals surface area contributed by atoms with Gasteiger partial charge in [-0.3, -0.25) is 0 Å². The second-order valence-corrected chi connectivity index (χ2v) is 5.03. The molecule has 2 rings (SSSR count). The van der Waals surface area contributed by atoms with Gasteiger partial charge in [0.15, 0.2) is 0 Å². The summed E-state index contributed by atoms with van der Waals surface area (Å²) in [4.78, 5) is 0. The highest BCUT2D eigenvalue weighted by molar-refractivity contribution is 5.68. The Morgan fingerprint density at radius 1 is 1.20 bits per heavy atom. The van der Waals surface area contributed by atoms with Gasteiger partial charge in [-0.25, -0.2) is 0 Å². The van der Waals surface area contributed by atoms with Crippen molar-refractivity contribution in [3.05, 3.63) is 83.0 Å². The van der Waals surface area contributed by atoms with Gasteiger partial charge in [-0.05, 0) is 47.6 Å². The molecule has 1 aliphatic carbocycles. The third-order valence-electron chi connectivity index (χ3n) is 3.63. The van der Waals surface area contributed by atoms with Crippen LogP contribution in [-0.4, -0.2) is 0 Å². The lowest BCUT2D eigenvalue weighted by Crippen LogP contribution is -2.01. The Morgan fingerprint density at radius 2 is 2.05 bits per heavy atom. The highest BCUT2D eigenvalue weighted by Gasteiger charge is 2.11. The quantitative estimate of drug-likeness (QED) is 0.614. The molecule has 0 heteroatoms. The van der Waals surface area contributed by atoms with Crippen molar-refractivity contribution < 1.29 is 0 Å². The van der Waals surface area contributed by atoms with Crippen molar-refractivity contribution in [3.8, 4) is 0 Å². The lowest BCUT2D eigenvalue weighted by atomic mass is 9.88. The molecule has 1 aliphatic rings. The summed E-state index contributed by atoms with van der Waals surface area (Å²) in [6, 6.07) is 4.39.